The Labute approximate surface area is 175 Å². The molecule has 2 aliphatic carbocycles. The molecule has 0 atom stereocenters. The number of nitrogens with one attached hydrogen (secondary N) is 1. The monoisotopic (exact) mass is 424 g/mol. The number of nitrogens with zero attached hydrogens (tertiary/aromatic N) is 4. The van der Waals surface area contributed by atoms with Gasteiger partial charge in [-0.2, -0.15) is 5.10 Å². The first kappa shape index (κ1) is 18.9. The lowest BCUT2D eigenvalue weighted by molar-refractivity contribution is -0.140. The van der Waals surface area contributed by atoms with E-state index in [1.807, 2.05) is 0 Å². The first-order valence-corrected chi connectivity index (χ1v) is 10.5. The molecule has 9 nitrogen and oxygen atoms in total. The number of carbonyl (C=O) groups is 2. The van der Waals surface area contributed by atoms with Crippen LogP contribution in [-0.4, -0.2) is 42.0 Å². The lowest BCUT2D eigenvalue weighted by atomic mass is 9.73. The summed E-state index contributed by atoms with van der Waals surface area (Å²) in [6.07, 6.45) is 3.64. The van der Waals surface area contributed by atoms with Gasteiger partial charge >= 0.3 is 5.97 Å². The smallest absolute Gasteiger partial charge is 0.315 e. The molecular formula is C20H20N6O3S. The summed E-state index contributed by atoms with van der Waals surface area (Å²) < 4.78 is 0. The van der Waals surface area contributed by atoms with E-state index < -0.39 is 11.4 Å². The zero-order chi connectivity index (χ0) is 21.3. The van der Waals surface area contributed by atoms with Gasteiger partial charge in [0.25, 0.3) is 0 Å². The number of carboxylic acids is 1. The molecule has 1 fully saturated rings. The number of carbonyl (C=O) groups excluding carboxylic acids is 1. The first-order chi connectivity index (χ1) is 14.2. The van der Waals surface area contributed by atoms with Gasteiger partial charge in [0.05, 0.1) is 17.8 Å². The van der Waals surface area contributed by atoms with Crippen LogP contribution in [0.5, 0.6) is 0 Å². The third kappa shape index (κ3) is 2.74. The van der Waals surface area contributed by atoms with Gasteiger partial charge in [0.2, 0.25) is 5.95 Å². The van der Waals surface area contributed by atoms with Crippen molar-refractivity contribution in [3.05, 3.63) is 39.1 Å². The van der Waals surface area contributed by atoms with E-state index in [0.717, 1.165) is 11.1 Å². The van der Waals surface area contributed by atoms with Crippen molar-refractivity contribution in [2.75, 3.05) is 5.73 Å². The normalized spacial score (nSPS) is 17.8. The molecule has 3 aromatic heterocycles. The topological polar surface area (TPSA) is 148 Å². The summed E-state index contributed by atoms with van der Waals surface area (Å²) in [5.41, 5.74) is 8.59. The number of nitrogens with two attached hydrogens (primary N) is 1. The molecule has 0 aromatic carbocycles. The molecule has 10 heteroatoms. The molecular weight excluding hydrogens is 404 g/mol. The second-order valence-corrected chi connectivity index (χ2v) is 9.54. The Balaban J connectivity index is 1.48. The number of aromatic nitrogens is 5. The fraction of sp³-hybridized carbons (Fsp3) is 0.400. The van der Waals surface area contributed by atoms with Crippen LogP contribution in [0.1, 0.15) is 59.0 Å². The van der Waals surface area contributed by atoms with E-state index in [1.165, 1.54) is 11.3 Å². The Kier molecular flexibility index (Phi) is 3.88. The second kappa shape index (κ2) is 6.18. The van der Waals surface area contributed by atoms with E-state index in [0.29, 0.717) is 47.0 Å². The van der Waals surface area contributed by atoms with E-state index in [4.69, 9.17) is 5.73 Å². The number of hydrogen-bond donors (Lipinski definition) is 3. The van der Waals surface area contributed by atoms with E-state index in [2.05, 4.69) is 39.0 Å². The van der Waals surface area contributed by atoms with Crippen molar-refractivity contribution < 1.29 is 14.7 Å². The highest BCUT2D eigenvalue weighted by molar-refractivity contribution is 7.09. The number of hydrogen-bond acceptors (Lipinski definition) is 8. The molecule has 2 aliphatic rings. The van der Waals surface area contributed by atoms with Gasteiger partial charge in [-0.1, -0.05) is 13.8 Å². The summed E-state index contributed by atoms with van der Waals surface area (Å²) in [7, 11) is 0. The third-order valence-electron chi connectivity index (χ3n) is 5.98. The van der Waals surface area contributed by atoms with Crippen molar-refractivity contribution in [1.82, 2.24) is 25.1 Å². The van der Waals surface area contributed by atoms with Crippen molar-refractivity contribution in [2.24, 2.45) is 0 Å². The number of nitrogen functional groups attached to an aromatic ring is 1. The quantitative estimate of drug-likeness (QED) is 0.528. The van der Waals surface area contributed by atoms with Crippen molar-refractivity contribution in [2.45, 2.75) is 50.4 Å². The molecule has 5 rings (SSSR count). The molecule has 30 heavy (non-hydrogen) atoms. The summed E-state index contributed by atoms with van der Waals surface area (Å²) in [5.74, 6) is -0.823. The maximum absolute atomic E-state index is 13.1. The van der Waals surface area contributed by atoms with Gasteiger partial charge in [-0.05, 0) is 30.2 Å². The summed E-state index contributed by atoms with van der Waals surface area (Å²) in [6, 6.07) is 0. The Bertz CT molecular complexity index is 1210. The third-order valence-corrected chi connectivity index (χ3v) is 6.82. The molecule has 0 saturated heterocycles. The van der Waals surface area contributed by atoms with Crippen LogP contribution in [0, 0.1) is 0 Å². The SMILES string of the molecule is CC1(C)Cc2cnc(N)nc2-c2n[nH]c(C(=O)Cc3nc(C4(C(=O)O)CC4)cs3)c21. The van der Waals surface area contributed by atoms with Crippen molar-refractivity contribution in [3.8, 4) is 11.4 Å². The van der Waals surface area contributed by atoms with Gasteiger partial charge in [-0.25, -0.2) is 15.0 Å². The maximum atomic E-state index is 13.1. The minimum atomic E-state index is -0.865. The van der Waals surface area contributed by atoms with Crippen LogP contribution >= 0.6 is 11.3 Å². The highest BCUT2D eigenvalue weighted by atomic mass is 32.1. The lowest BCUT2D eigenvalue weighted by Crippen LogP contribution is -2.28. The fourth-order valence-electron chi connectivity index (χ4n) is 4.24. The van der Waals surface area contributed by atoms with Crippen molar-refractivity contribution >= 4 is 29.0 Å². The molecule has 3 heterocycles. The van der Waals surface area contributed by atoms with Crippen LogP contribution in [0.3, 0.4) is 0 Å². The number of rotatable bonds is 5. The van der Waals surface area contributed by atoms with Crippen LogP contribution in [0.15, 0.2) is 11.6 Å². The zero-order valence-corrected chi connectivity index (χ0v) is 17.3. The summed E-state index contributed by atoms with van der Waals surface area (Å²) in [4.78, 5) is 37.5. The summed E-state index contributed by atoms with van der Waals surface area (Å²) in [5, 5.41) is 19.1. The highest BCUT2D eigenvalue weighted by Gasteiger charge is 2.53. The standard InChI is InChI=1S/C20H20N6O3S/c1-19(2)6-9-7-22-18(21)24-14(9)16-13(19)15(25-26-16)10(27)5-12-23-11(8-30-12)20(3-4-20)17(28)29/h7-8H,3-6H2,1-2H3,(H,25,26)(H,28,29)(H2,21,22,24). The van der Waals surface area contributed by atoms with E-state index >= 15 is 0 Å². The number of aromatic amines is 1. The first-order valence-electron chi connectivity index (χ1n) is 9.63. The Morgan fingerprint density at radius 2 is 2.03 bits per heavy atom. The van der Waals surface area contributed by atoms with E-state index in [-0.39, 0.29) is 23.6 Å². The number of ketones is 1. The van der Waals surface area contributed by atoms with Crippen LogP contribution in [0.2, 0.25) is 0 Å². The lowest BCUT2D eigenvalue weighted by Gasteiger charge is -2.30. The van der Waals surface area contributed by atoms with Gasteiger partial charge < -0.3 is 10.8 Å². The van der Waals surface area contributed by atoms with Crippen molar-refractivity contribution in [1.29, 1.82) is 0 Å². The second-order valence-electron chi connectivity index (χ2n) is 8.60. The number of thiazole rings is 1. The molecule has 4 N–H and O–H groups in total. The molecule has 0 spiro atoms. The number of fused-ring (bicyclic) bond motifs is 3. The number of carboxylic acid groups (broad SMARTS) is 1. The summed E-state index contributed by atoms with van der Waals surface area (Å²) in [6.45, 7) is 4.12. The summed E-state index contributed by atoms with van der Waals surface area (Å²) >= 11 is 1.32. The molecule has 1 saturated carbocycles. The zero-order valence-electron chi connectivity index (χ0n) is 16.5. The van der Waals surface area contributed by atoms with Crippen molar-refractivity contribution in [3.63, 3.8) is 0 Å². The van der Waals surface area contributed by atoms with Gasteiger partial charge in [-0.15, -0.1) is 11.3 Å². The van der Waals surface area contributed by atoms with Crippen LogP contribution in [0.25, 0.3) is 11.4 Å². The number of anilines is 1. The van der Waals surface area contributed by atoms with Gasteiger partial charge in [0.15, 0.2) is 5.78 Å². The Morgan fingerprint density at radius 3 is 2.73 bits per heavy atom. The minimum absolute atomic E-state index is 0.0872. The molecule has 0 aliphatic heterocycles. The predicted molar refractivity (Wildman–Crippen MR) is 109 cm³/mol. The molecule has 154 valence electrons. The van der Waals surface area contributed by atoms with Gasteiger partial charge in [-0.3, -0.25) is 14.7 Å². The predicted octanol–water partition coefficient (Wildman–Crippen LogP) is 2.28. The average Bonchev–Trinajstić information content (AvgIpc) is 3.15. The van der Waals surface area contributed by atoms with E-state index in [9.17, 15) is 14.7 Å². The minimum Gasteiger partial charge on any atom is -0.481 e. The van der Waals surface area contributed by atoms with E-state index in [1.54, 1.807) is 11.6 Å². The number of H-pyrrole nitrogens is 1. The number of Topliss-reactive ketones (excluding diaryl/α,β-unsaturated/α-hetero) is 1. The van der Waals surface area contributed by atoms with Gasteiger partial charge in [0.1, 0.15) is 21.8 Å². The molecule has 0 radical (unpaired) electrons. The molecule has 0 amide bonds. The number of aliphatic carboxylic acids is 1. The fourth-order valence-corrected chi connectivity index (χ4v) is 5.13. The average molecular weight is 424 g/mol. The Hall–Kier alpha value is -3.14. The van der Waals surface area contributed by atoms with Gasteiger partial charge in [0, 0.05) is 17.1 Å². The molecule has 3 aromatic rings. The highest BCUT2D eigenvalue weighted by Crippen LogP contribution is 2.48. The Morgan fingerprint density at radius 1 is 1.27 bits per heavy atom. The largest absolute Gasteiger partial charge is 0.481 e. The van der Waals surface area contributed by atoms with Crippen LogP contribution in [0.4, 0.5) is 5.95 Å². The van der Waals surface area contributed by atoms with Crippen LogP contribution in [-0.2, 0) is 28.5 Å². The maximum Gasteiger partial charge on any atom is 0.315 e. The van der Waals surface area contributed by atoms with Crippen LogP contribution < -0.4 is 5.73 Å². The molecule has 0 bridgehead atoms. The molecule has 0 unspecified atom stereocenters.